The Balaban J connectivity index is 1.85. The second-order valence-electron chi connectivity index (χ2n) is 4.80. The quantitative estimate of drug-likeness (QED) is 0.749. The van der Waals surface area contributed by atoms with Crippen LogP contribution in [-0.2, 0) is 4.74 Å². The number of morpholine rings is 1. The van der Waals surface area contributed by atoms with Crippen LogP contribution in [0.15, 0.2) is 24.3 Å². The Morgan fingerprint density at radius 1 is 1.26 bits per heavy atom. The van der Waals surface area contributed by atoms with E-state index in [2.05, 4.69) is 24.0 Å². The molecule has 0 aromatic heterocycles. The van der Waals surface area contributed by atoms with E-state index < -0.39 is 0 Å². The lowest BCUT2D eigenvalue weighted by Gasteiger charge is -2.28. The van der Waals surface area contributed by atoms with Crippen LogP contribution >= 0.6 is 11.6 Å². The lowest BCUT2D eigenvalue weighted by Crippen LogP contribution is -2.38. The van der Waals surface area contributed by atoms with Crippen molar-refractivity contribution < 1.29 is 9.47 Å². The van der Waals surface area contributed by atoms with E-state index in [9.17, 15) is 0 Å². The fraction of sp³-hybridized carbons (Fsp3) is 0.600. The molecule has 0 N–H and O–H groups in total. The highest BCUT2D eigenvalue weighted by Crippen LogP contribution is 2.24. The molecule has 1 aromatic rings. The molecule has 1 aliphatic heterocycles. The average molecular weight is 284 g/mol. The Morgan fingerprint density at radius 2 is 1.95 bits per heavy atom. The molecule has 0 amide bonds. The van der Waals surface area contributed by atoms with Crippen molar-refractivity contribution in [2.45, 2.75) is 18.7 Å². The molecular weight excluding hydrogens is 262 g/mol. The zero-order valence-electron chi connectivity index (χ0n) is 11.5. The first-order chi connectivity index (χ1) is 9.29. The summed E-state index contributed by atoms with van der Waals surface area (Å²) in [7, 11) is 0. The van der Waals surface area contributed by atoms with Crippen LogP contribution in [0.2, 0.25) is 0 Å². The molecule has 1 aromatic carbocycles. The van der Waals surface area contributed by atoms with Gasteiger partial charge in [-0.15, -0.1) is 11.6 Å². The summed E-state index contributed by atoms with van der Waals surface area (Å²) in [6.45, 7) is 7.31. The fourth-order valence-corrected chi connectivity index (χ4v) is 2.45. The SMILES string of the molecule is CCCOc1ccc(C(Cl)CN2CCOCC2)cc1. The van der Waals surface area contributed by atoms with Crippen molar-refractivity contribution in [3.63, 3.8) is 0 Å². The van der Waals surface area contributed by atoms with Gasteiger partial charge in [-0.1, -0.05) is 19.1 Å². The van der Waals surface area contributed by atoms with Crippen molar-refractivity contribution >= 4 is 11.6 Å². The van der Waals surface area contributed by atoms with Crippen molar-refractivity contribution in [1.82, 2.24) is 4.90 Å². The normalized spacial score (nSPS) is 18.2. The van der Waals surface area contributed by atoms with Crippen LogP contribution in [0.25, 0.3) is 0 Å². The van der Waals surface area contributed by atoms with Crippen LogP contribution in [0.5, 0.6) is 5.75 Å². The van der Waals surface area contributed by atoms with Crippen LogP contribution in [0.1, 0.15) is 24.3 Å². The van der Waals surface area contributed by atoms with Gasteiger partial charge in [0.05, 0.1) is 25.2 Å². The van der Waals surface area contributed by atoms with Gasteiger partial charge in [0, 0.05) is 19.6 Å². The van der Waals surface area contributed by atoms with Gasteiger partial charge < -0.3 is 9.47 Å². The van der Waals surface area contributed by atoms with Gasteiger partial charge in [0.15, 0.2) is 0 Å². The van der Waals surface area contributed by atoms with Gasteiger partial charge in [-0.2, -0.15) is 0 Å². The second-order valence-corrected chi connectivity index (χ2v) is 5.32. The van der Waals surface area contributed by atoms with Gasteiger partial charge in [0.2, 0.25) is 0 Å². The molecule has 1 heterocycles. The van der Waals surface area contributed by atoms with Crippen LogP contribution < -0.4 is 4.74 Å². The molecule has 1 fully saturated rings. The summed E-state index contributed by atoms with van der Waals surface area (Å²) in [4.78, 5) is 2.35. The minimum atomic E-state index is 0.0262. The number of alkyl halides is 1. The maximum atomic E-state index is 6.47. The van der Waals surface area contributed by atoms with Gasteiger partial charge in [-0.05, 0) is 24.1 Å². The highest BCUT2D eigenvalue weighted by atomic mass is 35.5. The molecule has 0 aliphatic carbocycles. The van der Waals surface area contributed by atoms with E-state index in [1.165, 1.54) is 0 Å². The van der Waals surface area contributed by atoms with Gasteiger partial charge in [0.1, 0.15) is 5.75 Å². The van der Waals surface area contributed by atoms with Crippen LogP contribution in [0.3, 0.4) is 0 Å². The number of nitrogens with zero attached hydrogens (tertiary/aromatic N) is 1. The number of hydrogen-bond acceptors (Lipinski definition) is 3. The van der Waals surface area contributed by atoms with Crippen molar-refractivity contribution in [2.75, 3.05) is 39.5 Å². The molecule has 106 valence electrons. The first kappa shape index (κ1) is 14.6. The van der Waals surface area contributed by atoms with Gasteiger partial charge in [-0.25, -0.2) is 0 Å². The van der Waals surface area contributed by atoms with E-state index in [-0.39, 0.29) is 5.38 Å². The third-order valence-corrected chi connectivity index (χ3v) is 3.63. The van der Waals surface area contributed by atoms with Crippen LogP contribution in [-0.4, -0.2) is 44.4 Å². The zero-order valence-corrected chi connectivity index (χ0v) is 12.2. The van der Waals surface area contributed by atoms with E-state index in [4.69, 9.17) is 21.1 Å². The minimum Gasteiger partial charge on any atom is -0.494 e. The highest BCUT2D eigenvalue weighted by Gasteiger charge is 2.16. The third-order valence-electron chi connectivity index (χ3n) is 3.24. The van der Waals surface area contributed by atoms with Gasteiger partial charge in [-0.3, -0.25) is 4.90 Å². The molecule has 1 saturated heterocycles. The lowest BCUT2D eigenvalue weighted by molar-refractivity contribution is 0.0378. The summed E-state index contributed by atoms with van der Waals surface area (Å²) < 4.78 is 10.9. The molecule has 0 radical (unpaired) electrons. The largest absolute Gasteiger partial charge is 0.494 e. The van der Waals surface area contributed by atoms with Crippen molar-refractivity contribution in [2.24, 2.45) is 0 Å². The maximum absolute atomic E-state index is 6.47. The molecule has 2 rings (SSSR count). The number of halogens is 1. The number of hydrogen-bond donors (Lipinski definition) is 0. The zero-order chi connectivity index (χ0) is 13.5. The van der Waals surface area contributed by atoms with E-state index in [1.807, 2.05) is 12.1 Å². The van der Waals surface area contributed by atoms with Gasteiger partial charge >= 0.3 is 0 Å². The predicted molar refractivity (Wildman–Crippen MR) is 78.1 cm³/mol. The molecule has 1 aliphatic rings. The molecule has 1 unspecified atom stereocenters. The summed E-state index contributed by atoms with van der Waals surface area (Å²) in [5.74, 6) is 0.917. The molecule has 3 nitrogen and oxygen atoms in total. The molecule has 0 spiro atoms. The van der Waals surface area contributed by atoms with Crippen molar-refractivity contribution in [1.29, 1.82) is 0 Å². The average Bonchev–Trinajstić information content (AvgIpc) is 2.46. The van der Waals surface area contributed by atoms with E-state index in [0.717, 1.165) is 57.2 Å². The standard InChI is InChI=1S/C15H22ClNO2/c1-2-9-19-14-5-3-13(4-6-14)15(16)12-17-7-10-18-11-8-17/h3-6,15H,2,7-12H2,1H3. The summed E-state index contributed by atoms with van der Waals surface area (Å²) >= 11 is 6.47. The molecule has 0 saturated carbocycles. The second kappa shape index (κ2) is 7.73. The lowest BCUT2D eigenvalue weighted by atomic mass is 10.1. The first-order valence-electron chi connectivity index (χ1n) is 6.96. The van der Waals surface area contributed by atoms with Crippen LogP contribution in [0, 0.1) is 0 Å². The Bertz CT molecular complexity index is 363. The summed E-state index contributed by atoms with van der Waals surface area (Å²) in [6, 6.07) is 8.12. The minimum absolute atomic E-state index is 0.0262. The Kier molecular flexibility index (Phi) is 5.95. The van der Waals surface area contributed by atoms with Crippen LogP contribution in [0.4, 0.5) is 0 Å². The molecule has 4 heteroatoms. The molecule has 1 atom stereocenters. The Morgan fingerprint density at radius 3 is 2.58 bits per heavy atom. The maximum Gasteiger partial charge on any atom is 0.119 e. The number of rotatable bonds is 6. The molecular formula is C15H22ClNO2. The topological polar surface area (TPSA) is 21.7 Å². The summed E-state index contributed by atoms with van der Waals surface area (Å²) in [5, 5.41) is 0.0262. The number of benzene rings is 1. The Labute approximate surface area is 120 Å². The van der Waals surface area contributed by atoms with Crippen molar-refractivity contribution in [3.8, 4) is 5.75 Å². The Hall–Kier alpha value is -0.770. The fourth-order valence-electron chi connectivity index (χ4n) is 2.11. The van der Waals surface area contributed by atoms with E-state index in [0.29, 0.717) is 0 Å². The summed E-state index contributed by atoms with van der Waals surface area (Å²) in [5.41, 5.74) is 1.15. The smallest absolute Gasteiger partial charge is 0.119 e. The predicted octanol–water partition coefficient (Wildman–Crippen LogP) is 3.09. The van der Waals surface area contributed by atoms with E-state index in [1.54, 1.807) is 0 Å². The summed E-state index contributed by atoms with van der Waals surface area (Å²) in [6.07, 6.45) is 1.02. The third kappa shape index (κ3) is 4.68. The first-order valence-corrected chi connectivity index (χ1v) is 7.40. The molecule has 0 bridgehead atoms. The molecule has 19 heavy (non-hydrogen) atoms. The van der Waals surface area contributed by atoms with Gasteiger partial charge in [0.25, 0.3) is 0 Å². The van der Waals surface area contributed by atoms with Crippen molar-refractivity contribution in [3.05, 3.63) is 29.8 Å². The number of ether oxygens (including phenoxy) is 2. The monoisotopic (exact) mass is 283 g/mol. The van der Waals surface area contributed by atoms with E-state index >= 15 is 0 Å². The highest BCUT2D eigenvalue weighted by molar-refractivity contribution is 6.21.